The van der Waals surface area contributed by atoms with Crippen molar-refractivity contribution in [1.82, 2.24) is 15.0 Å². The van der Waals surface area contributed by atoms with Gasteiger partial charge in [0.1, 0.15) is 16.6 Å². The molecule has 0 fully saturated rings. The van der Waals surface area contributed by atoms with E-state index in [1.807, 2.05) is 18.2 Å². The topological polar surface area (TPSA) is 70.9 Å². The number of aliphatic hydroxyl groups is 1. The summed E-state index contributed by atoms with van der Waals surface area (Å²) < 4.78 is 0. The number of nitrogens with one attached hydrogen (secondary N) is 1. The maximum Gasteiger partial charge on any atom is 0.180 e. The number of nitrogens with zero attached hydrogens (tertiary/aromatic N) is 3. The molecule has 0 unspecified atom stereocenters. The van der Waals surface area contributed by atoms with Crippen molar-refractivity contribution in [3.63, 3.8) is 0 Å². The number of alkyl halides is 1. The summed E-state index contributed by atoms with van der Waals surface area (Å²) in [5.74, 6) is 1.15. The maximum absolute atomic E-state index is 9.32. The van der Waals surface area contributed by atoms with Crippen LogP contribution in [0.2, 0.25) is 5.02 Å². The number of hydrogen-bond acceptors (Lipinski definition) is 6. The van der Waals surface area contributed by atoms with Crippen molar-refractivity contribution in [2.45, 2.75) is 5.56 Å². The molecular weight excluding hydrogens is 343 g/mol. The normalized spacial score (nSPS) is 12.1. The Kier molecular flexibility index (Phi) is 4.54. The SMILES string of the molecule is O[C@@H](Cl)c1ncc(-c2cccc(Nc3ncccc3Cl)n2)s1. The van der Waals surface area contributed by atoms with Crippen LogP contribution in [0, 0.1) is 0 Å². The fourth-order valence-electron chi connectivity index (χ4n) is 1.76. The van der Waals surface area contributed by atoms with Crippen LogP contribution in [0.1, 0.15) is 10.6 Å². The van der Waals surface area contributed by atoms with E-state index in [1.165, 1.54) is 11.3 Å². The molecule has 3 rings (SSSR count). The molecule has 0 aliphatic carbocycles. The zero-order chi connectivity index (χ0) is 15.5. The van der Waals surface area contributed by atoms with Gasteiger partial charge >= 0.3 is 0 Å². The highest BCUT2D eigenvalue weighted by molar-refractivity contribution is 7.15. The number of aromatic nitrogens is 3. The second-order valence-corrected chi connectivity index (χ2v) is 6.15. The highest BCUT2D eigenvalue weighted by Crippen LogP contribution is 2.30. The lowest BCUT2D eigenvalue weighted by Gasteiger charge is -2.07. The molecule has 0 saturated heterocycles. The molecule has 0 spiro atoms. The highest BCUT2D eigenvalue weighted by Gasteiger charge is 2.11. The van der Waals surface area contributed by atoms with E-state index in [0.717, 1.165) is 10.6 Å². The van der Waals surface area contributed by atoms with E-state index in [2.05, 4.69) is 20.3 Å². The Bertz CT molecular complexity index is 794. The van der Waals surface area contributed by atoms with E-state index in [4.69, 9.17) is 23.2 Å². The van der Waals surface area contributed by atoms with Gasteiger partial charge in [-0.25, -0.2) is 15.0 Å². The summed E-state index contributed by atoms with van der Waals surface area (Å²) in [7, 11) is 0. The highest BCUT2D eigenvalue weighted by atomic mass is 35.5. The molecule has 0 aliphatic heterocycles. The first-order valence-electron chi connectivity index (χ1n) is 6.26. The molecule has 0 aromatic carbocycles. The second-order valence-electron chi connectivity index (χ2n) is 4.27. The summed E-state index contributed by atoms with van der Waals surface area (Å²) in [6.07, 6.45) is 3.28. The molecular formula is C14H10Cl2N4OS. The van der Waals surface area contributed by atoms with Gasteiger partial charge in [0, 0.05) is 12.4 Å². The van der Waals surface area contributed by atoms with E-state index in [9.17, 15) is 5.11 Å². The first-order chi connectivity index (χ1) is 10.6. The van der Waals surface area contributed by atoms with Gasteiger partial charge in [-0.05, 0) is 24.3 Å². The van der Waals surface area contributed by atoms with Gasteiger partial charge < -0.3 is 10.4 Å². The number of thiazole rings is 1. The molecule has 3 heterocycles. The van der Waals surface area contributed by atoms with E-state index < -0.39 is 5.56 Å². The second kappa shape index (κ2) is 6.58. The van der Waals surface area contributed by atoms with Crippen molar-refractivity contribution in [2.75, 3.05) is 5.32 Å². The van der Waals surface area contributed by atoms with Crippen LogP contribution >= 0.6 is 34.5 Å². The van der Waals surface area contributed by atoms with E-state index in [0.29, 0.717) is 21.7 Å². The largest absolute Gasteiger partial charge is 0.371 e. The molecule has 0 saturated carbocycles. The van der Waals surface area contributed by atoms with E-state index in [-0.39, 0.29) is 0 Å². The zero-order valence-electron chi connectivity index (χ0n) is 11.1. The zero-order valence-corrected chi connectivity index (χ0v) is 13.4. The van der Waals surface area contributed by atoms with Crippen LogP contribution in [0.4, 0.5) is 11.6 Å². The molecule has 8 heteroatoms. The lowest BCUT2D eigenvalue weighted by atomic mass is 10.3. The van der Waals surface area contributed by atoms with Gasteiger partial charge in [0.2, 0.25) is 0 Å². The maximum atomic E-state index is 9.32. The molecule has 0 radical (unpaired) electrons. The number of anilines is 2. The Balaban J connectivity index is 1.87. The van der Waals surface area contributed by atoms with Crippen molar-refractivity contribution in [1.29, 1.82) is 0 Å². The van der Waals surface area contributed by atoms with Crippen LogP contribution in [-0.4, -0.2) is 20.1 Å². The van der Waals surface area contributed by atoms with Crippen LogP contribution in [-0.2, 0) is 0 Å². The van der Waals surface area contributed by atoms with Crippen LogP contribution < -0.4 is 5.32 Å². The van der Waals surface area contributed by atoms with Crippen LogP contribution in [0.5, 0.6) is 0 Å². The molecule has 1 atom stereocenters. The molecule has 3 aromatic rings. The summed E-state index contributed by atoms with van der Waals surface area (Å²) in [5.41, 5.74) is -0.384. The Morgan fingerprint density at radius 3 is 2.77 bits per heavy atom. The molecule has 3 aromatic heterocycles. The average molecular weight is 353 g/mol. The summed E-state index contributed by atoms with van der Waals surface area (Å²) in [6.45, 7) is 0. The molecule has 0 aliphatic rings. The summed E-state index contributed by atoms with van der Waals surface area (Å²) >= 11 is 13.0. The van der Waals surface area contributed by atoms with Crippen LogP contribution in [0.3, 0.4) is 0 Å². The van der Waals surface area contributed by atoms with Crippen molar-refractivity contribution >= 4 is 46.2 Å². The number of hydrogen-bond donors (Lipinski definition) is 2. The van der Waals surface area contributed by atoms with Gasteiger partial charge in [-0.15, -0.1) is 11.3 Å². The predicted molar refractivity (Wildman–Crippen MR) is 88.7 cm³/mol. The van der Waals surface area contributed by atoms with Gasteiger partial charge in [-0.2, -0.15) is 0 Å². The van der Waals surface area contributed by atoms with Crippen molar-refractivity contribution in [2.24, 2.45) is 0 Å². The van der Waals surface area contributed by atoms with Crippen molar-refractivity contribution in [3.8, 4) is 10.6 Å². The molecule has 0 bridgehead atoms. The Labute approximate surface area is 140 Å². The van der Waals surface area contributed by atoms with Gasteiger partial charge in [0.05, 0.1) is 15.6 Å². The minimum Gasteiger partial charge on any atom is -0.371 e. The van der Waals surface area contributed by atoms with Crippen molar-refractivity contribution in [3.05, 3.63) is 52.8 Å². The standard InChI is InChI=1S/C14H10Cl2N4OS/c15-8-3-2-6-17-13(8)20-11-5-1-4-9(19-11)10-7-18-14(22-10)12(16)21/h1-7,12,21H,(H,17,19,20)/t12-/m1/s1. The third kappa shape index (κ3) is 3.36. The van der Waals surface area contributed by atoms with Crippen molar-refractivity contribution < 1.29 is 5.11 Å². The summed E-state index contributed by atoms with van der Waals surface area (Å²) in [5, 5.41) is 13.3. The number of pyridine rings is 2. The molecule has 2 N–H and O–H groups in total. The fourth-order valence-corrected chi connectivity index (χ4v) is 2.87. The average Bonchev–Trinajstić information content (AvgIpc) is 3.00. The Morgan fingerprint density at radius 1 is 1.18 bits per heavy atom. The molecule has 22 heavy (non-hydrogen) atoms. The minimum absolute atomic E-state index is 0.435. The smallest absolute Gasteiger partial charge is 0.180 e. The summed E-state index contributed by atoms with van der Waals surface area (Å²) in [4.78, 5) is 13.5. The summed E-state index contributed by atoms with van der Waals surface area (Å²) in [6, 6.07) is 9.03. The van der Waals surface area contributed by atoms with E-state index >= 15 is 0 Å². The van der Waals surface area contributed by atoms with Gasteiger partial charge in [0.25, 0.3) is 0 Å². The fraction of sp³-hybridized carbons (Fsp3) is 0.0714. The third-order valence-electron chi connectivity index (χ3n) is 2.73. The lowest BCUT2D eigenvalue weighted by molar-refractivity contribution is 0.262. The van der Waals surface area contributed by atoms with Gasteiger partial charge in [0.15, 0.2) is 5.56 Å². The Morgan fingerprint density at radius 2 is 2.05 bits per heavy atom. The number of rotatable bonds is 4. The van der Waals surface area contributed by atoms with Crippen LogP contribution in [0.25, 0.3) is 10.6 Å². The lowest BCUT2D eigenvalue weighted by Crippen LogP contribution is -1.97. The first-order valence-corrected chi connectivity index (χ1v) is 7.89. The molecule has 5 nitrogen and oxygen atoms in total. The minimum atomic E-state index is -1.10. The Hall–Kier alpha value is -1.73. The molecule has 112 valence electrons. The quantitative estimate of drug-likeness (QED) is 0.687. The van der Waals surface area contributed by atoms with E-state index in [1.54, 1.807) is 24.5 Å². The van der Waals surface area contributed by atoms with Crippen LogP contribution in [0.15, 0.2) is 42.7 Å². The third-order valence-corrected chi connectivity index (χ3v) is 4.45. The number of halogens is 2. The van der Waals surface area contributed by atoms with Gasteiger partial charge in [-0.1, -0.05) is 29.3 Å². The predicted octanol–water partition coefficient (Wildman–Crippen LogP) is 4.23. The monoisotopic (exact) mass is 352 g/mol. The first kappa shape index (κ1) is 15.2. The number of aliphatic hydroxyl groups excluding tert-OH is 1. The van der Waals surface area contributed by atoms with Gasteiger partial charge in [-0.3, -0.25) is 0 Å². The molecule has 0 amide bonds.